The molecule has 3 rings (SSSR count). The van der Waals surface area contributed by atoms with Crippen LogP contribution in [0, 0.1) is 5.92 Å². The molecule has 3 N–H and O–H groups in total. The Bertz CT molecular complexity index is 599. The highest BCUT2D eigenvalue weighted by Gasteiger charge is 2.35. The number of piperidine rings is 1. The van der Waals surface area contributed by atoms with Gasteiger partial charge in [0.15, 0.2) is 0 Å². The van der Waals surface area contributed by atoms with Crippen LogP contribution in [0.15, 0.2) is 24.3 Å². The van der Waals surface area contributed by atoms with Crippen molar-refractivity contribution in [2.45, 2.75) is 71.0 Å². The molecule has 26 heavy (non-hydrogen) atoms. The number of benzene rings is 1. The summed E-state index contributed by atoms with van der Waals surface area (Å²) in [5.74, 6) is 1.32. The average Bonchev–Trinajstić information content (AvgIpc) is 3.12. The largest absolute Gasteiger partial charge is 0.381 e. The van der Waals surface area contributed by atoms with Crippen molar-refractivity contribution in [3.8, 4) is 0 Å². The van der Waals surface area contributed by atoms with Crippen LogP contribution in [0.3, 0.4) is 0 Å². The molecule has 2 heterocycles. The van der Waals surface area contributed by atoms with Gasteiger partial charge in [0.1, 0.15) is 6.04 Å². The zero-order valence-corrected chi connectivity index (χ0v) is 16.6. The Morgan fingerprint density at radius 2 is 1.88 bits per heavy atom. The highest BCUT2D eigenvalue weighted by molar-refractivity contribution is 5.82. The third-order valence-corrected chi connectivity index (χ3v) is 5.72. The van der Waals surface area contributed by atoms with Crippen LogP contribution in [-0.2, 0) is 4.79 Å². The van der Waals surface area contributed by atoms with E-state index in [1.165, 1.54) is 5.56 Å². The summed E-state index contributed by atoms with van der Waals surface area (Å²) in [6, 6.07) is 9.32. The van der Waals surface area contributed by atoms with E-state index in [1.54, 1.807) is 0 Å². The first-order valence-electron chi connectivity index (χ1n) is 10.1. The number of nitrogens with zero attached hydrogens (tertiary/aromatic N) is 1. The molecule has 5 nitrogen and oxygen atoms in total. The molecule has 0 saturated carbocycles. The van der Waals surface area contributed by atoms with E-state index in [2.05, 4.69) is 68.1 Å². The molecule has 5 heteroatoms. The molecule has 0 aromatic heterocycles. The first-order valence-corrected chi connectivity index (χ1v) is 10.1. The summed E-state index contributed by atoms with van der Waals surface area (Å²) in [6.07, 6.45) is 3.05. The van der Waals surface area contributed by atoms with Crippen molar-refractivity contribution in [3.63, 3.8) is 0 Å². The van der Waals surface area contributed by atoms with Gasteiger partial charge in [-0.05, 0) is 48.8 Å². The number of amides is 1. The van der Waals surface area contributed by atoms with E-state index < -0.39 is 0 Å². The van der Waals surface area contributed by atoms with Gasteiger partial charge in [-0.15, -0.1) is 0 Å². The fraction of sp³-hybridized carbons (Fsp3) is 0.667. The molecular weight excluding hydrogens is 324 g/mol. The second kappa shape index (κ2) is 8.40. The molecule has 1 aromatic carbocycles. The summed E-state index contributed by atoms with van der Waals surface area (Å²) in [4.78, 5) is 14.9. The molecule has 0 spiro atoms. The van der Waals surface area contributed by atoms with Crippen LogP contribution in [0.4, 0.5) is 5.69 Å². The van der Waals surface area contributed by atoms with Gasteiger partial charge in [-0.25, -0.2) is 5.43 Å². The lowest BCUT2D eigenvalue weighted by atomic mass is 9.98. The molecule has 2 saturated heterocycles. The standard InChI is InChI=1S/C21H34N4O/c1-14(2)16-7-9-17(10-8-16)22-18-6-5-11-25(13-18)21(26)20-12-19(15(3)4)23-24-20/h7-10,14-15,18-20,22-24H,5-6,11-13H2,1-4H3. The molecule has 2 aliphatic heterocycles. The predicted octanol–water partition coefficient (Wildman–Crippen LogP) is 3.10. The highest BCUT2D eigenvalue weighted by Crippen LogP contribution is 2.21. The Labute approximate surface area is 157 Å². The number of carbonyl (C=O) groups excluding carboxylic acids is 1. The number of anilines is 1. The van der Waals surface area contributed by atoms with Crippen LogP contribution in [0.1, 0.15) is 58.4 Å². The van der Waals surface area contributed by atoms with Gasteiger partial charge < -0.3 is 10.2 Å². The molecule has 2 aliphatic rings. The number of rotatable bonds is 5. The molecule has 144 valence electrons. The molecule has 1 aromatic rings. The van der Waals surface area contributed by atoms with Gasteiger partial charge in [0.2, 0.25) is 5.91 Å². The summed E-state index contributed by atoms with van der Waals surface area (Å²) in [6.45, 7) is 10.5. The van der Waals surface area contributed by atoms with Crippen molar-refractivity contribution in [1.29, 1.82) is 0 Å². The highest BCUT2D eigenvalue weighted by atomic mass is 16.2. The number of hydrogen-bond acceptors (Lipinski definition) is 4. The fourth-order valence-corrected chi connectivity index (χ4v) is 3.90. The van der Waals surface area contributed by atoms with E-state index in [0.29, 0.717) is 23.9 Å². The van der Waals surface area contributed by atoms with E-state index >= 15 is 0 Å². The SMILES string of the molecule is CC(C)c1ccc(NC2CCCN(C(=O)C3CC(C(C)C)NN3)C2)cc1. The van der Waals surface area contributed by atoms with Gasteiger partial charge in [-0.3, -0.25) is 10.2 Å². The lowest BCUT2D eigenvalue weighted by molar-refractivity contribution is -0.134. The van der Waals surface area contributed by atoms with E-state index in [-0.39, 0.29) is 11.9 Å². The maximum Gasteiger partial charge on any atom is 0.241 e. The minimum atomic E-state index is -0.0912. The van der Waals surface area contributed by atoms with Crippen molar-refractivity contribution in [3.05, 3.63) is 29.8 Å². The molecule has 0 bridgehead atoms. The Balaban J connectivity index is 1.54. The van der Waals surface area contributed by atoms with E-state index in [4.69, 9.17) is 0 Å². The summed E-state index contributed by atoms with van der Waals surface area (Å²) in [5, 5.41) is 3.62. The zero-order chi connectivity index (χ0) is 18.7. The van der Waals surface area contributed by atoms with Crippen LogP contribution < -0.4 is 16.2 Å². The number of hydrogen-bond donors (Lipinski definition) is 3. The fourth-order valence-electron chi connectivity index (χ4n) is 3.90. The Hall–Kier alpha value is -1.59. The Morgan fingerprint density at radius 3 is 2.50 bits per heavy atom. The summed E-state index contributed by atoms with van der Waals surface area (Å²) in [5.41, 5.74) is 8.99. The third-order valence-electron chi connectivity index (χ3n) is 5.72. The Kier molecular flexibility index (Phi) is 6.20. The van der Waals surface area contributed by atoms with Gasteiger partial charge in [-0.2, -0.15) is 0 Å². The van der Waals surface area contributed by atoms with Crippen LogP contribution in [0.25, 0.3) is 0 Å². The number of hydrazine groups is 1. The van der Waals surface area contributed by atoms with Crippen LogP contribution in [-0.4, -0.2) is 42.0 Å². The van der Waals surface area contributed by atoms with Crippen molar-refractivity contribution in [2.24, 2.45) is 5.92 Å². The minimum Gasteiger partial charge on any atom is -0.381 e. The number of likely N-dealkylation sites (tertiary alicyclic amines) is 1. The zero-order valence-electron chi connectivity index (χ0n) is 16.6. The topological polar surface area (TPSA) is 56.4 Å². The van der Waals surface area contributed by atoms with E-state index in [0.717, 1.165) is 38.0 Å². The first-order chi connectivity index (χ1) is 12.4. The van der Waals surface area contributed by atoms with Gasteiger partial charge >= 0.3 is 0 Å². The molecular formula is C21H34N4O. The minimum absolute atomic E-state index is 0.0912. The maximum atomic E-state index is 12.9. The Morgan fingerprint density at radius 1 is 1.15 bits per heavy atom. The second-order valence-corrected chi connectivity index (χ2v) is 8.47. The summed E-state index contributed by atoms with van der Waals surface area (Å²) < 4.78 is 0. The van der Waals surface area contributed by atoms with Gasteiger partial charge in [0, 0.05) is 30.9 Å². The normalized spacial score (nSPS) is 26.5. The van der Waals surface area contributed by atoms with Crippen molar-refractivity contribution in [1.82, 2.24) is 15.8 Å². The van der Waals surface area contributed by atoms with Gasteiger partial charge in [-0.1, -0.05) is 39.8 Å². The third kappa shape index (κ3) is 4.57. The predicted molar refractivity (Wildman–Crippen MR) is 107 cm³/mol. The first kappa shape index (κ1) is 19.2. The smallest absolute Gasteiger partial charge is 0.241 e. The number of carbonyl (C=O) groups is 1. The lowest BCUT2D eigenvalue weighted by Crippen LogP contribution is -2.51. The monoisotopic (exact) mass is 358 g/mol. The van der Waals surface area contributed by atoms with Crippen LogP contribution >= 0.6 is 0 Å². The second-order valence-electron chi connectivity index (χ2n) is 8.47. The lowest BCUT2D eigenvalue weighted by Gasteiger charge is -2.35. The summed E-state index contributed by atoms with van der Waals surface area (Å²) >= 11 is 0. The van der Waals surface area contributed by atoms with E-state index in [1.807, 2.05) is 4.90 Å². The van der Waals surface area contributed by atoms with Crippen molar-refractivity contribution in [2.75, 3.05) is 18.4 Å². The maximum absolute atomic E-state index is 12.9. The van der Waals surface area contributed by atoms with E-state index in [9.17, 15) is 4.79 Å². The van der Waals surface area contributed by atoms with Gasteiger partial charge in [0.05, 0.1) is 0 Å². The molecule has 0 radical (unpaired) electrons. The quantitative estimate of drug-likeness (QED) is 0.757. The number of nitrogens with one attached hydrogen (secondary N) is 3. The summed E-state index contributed by atoms with van der Waals surface area (Å²) in [7, 11) is 0. The molecule has 3 unspecified atom stereocenters. The van der Waals surface area contributed by atoms with Crippen molar-refractivity contribution >= 4 is 11.6 Å². The van der Waals surface area contributed by atoms with Crippen LogP contribution in [0.5, 0.6) is 0 Å². The molecule has 2 fully saturated rings. The van der Waals surface area contributed by atoms with Crippen LogP contribution in [0.2, 0.25) is 0 Å². The van der Waals surface area contributed by atoms with Gasteiger partial charge in [0.25, 0.3) is 0 Å². The van der Waals surface area contributed by atoms with Crippen molar-refractivity contribution < 1.29 is 4.79 Å². The molecule has 0 aliphatic carbocycles. The average molecular weight is 359 g/mol. The molecule has 1 amide bonds. The molecule has 3 atom stereocenters.